The molecular weight excluding hydrogens is 714 g/mol. The number of rotatable bonds is 16. The highest BCUT2D eigenvalue weighted by molar-refractivity contribution is 5.94. The van der Waals surface area contributed by atoms with E-state index in [9.17, 15) is 24.3 Å². The van der Waals surface area contributed by atoms with Gasteiger partial charge in [-0.1, -0.05) is 121 Å². The second kappa shape index (κ2) is 19.0. The Bertz CT molecular complexity index is 2010. The van der Waals surface area contributed by atoms with Crippen molar-refractivity contribution in [1.82, 2.24) is 16.0 Å². The zero-order chi connectivity index (χ0) is 40.1. The Morgan fingerprint density at radius 3 is 1.38 bits per heavy atom. The molecule has 0 fully saturated rings. The second-order valence-electron chi connectivity index (χ2n) is 13.7. The molecule has 5 rings (SSSR count). The maximum absolute atomic E-state index is 14.5. The minimum Gasteiger partial charge on any atom is -0.490 e. The molecule has 5 aromatic rings. The second-order valence-corrected chi connectivity index (χ2v) is 13.7. The lowest BCUT2D eigenvalue weighted by molar-refractivity contribution is -0.142. The van der Waals surface area contributed by atoms with E-state index in [-0.39, 0.29) is 36.0 Å². The Morgan fingerprint density at radius 2 is 0.964 bits per heavy atom. The SMILES string of the molecule is COc1c(OCc2ccccc2)cc([C@@H](NC(=O)[C@@H](NC(=O)OC(C)(C)C)c2ccccc2)C(=O)N[C@@H](C(=O)O)c2ccccc2)cc1OCc1ccccc1. The molecule has 0 aromatic heterocycles. The van der Waals surface area contributed by atoms with Crippen molar-refractivity contribution in [3.63, 3.8) is 0 Å². The van der Waals surface area contributed by atoms with Crippen molar-refractivity contribution in [2.75, 3.05) is 7.11 Å². The molecule has 0 saturated carbocycles. The summed E-state index contributed by atoms with van der Waals surface area (Å²) in [5.74, 6) is -2.37. The molecule has 0 radical (unpaired) electrons. The first-order valence-corrected chi connectivity index (χ1v) is 17.9. The quantitative estimate of drug-likeness (QED) is 0.0814. The van der Waals surface area contributed by atoms with Crippen LogP contribution in [0, 0.1) is 0 Å². The van der Waals surface area contributed by atoms with Crippen LogP contribution in [0.2, 0.25) is 0 Å². The fourth-order valence-electron chi connectivity index (χ4n) is 5.71. The van der Waals surface area contributed by atoms with Crippen LogP contribution in [0.3, 0.4) is 0 Å². The Morgan fingerprint density at radius 1 is 0.571 bits per heavy atom. The fourth-order valence-corrected chi connectivity index (χ4v) is 5.71. The zero-order valence-electron chi connectivity index (χ0n) is 31.6. The van der Waals surface area contributed by atoms with Crippen molar-refractivity contribution >= 4 is 23.9 Å². The summed E-state index contributed by atoms with van der Waals surface area (Å²) in [6, 6.07) is 34.1. The molecule has 0 heterocycles. The third-order valence-corrected chi connectivity index (χ3v) is 8.33. The highest BCUT2D eigenvalue weighted by Gasteiger charge is 2.34. The van der Waals surface area contributed by atoms with E-state index in [1.165, 1.54) is 19.2 Å². The molecule has 56 heavy (non-hydrogen) atoms. The number of carbonyl (C=O) groups is 4. The molecule has 3 atom stereocenters. The maximum Gasteiger partial charge on any atom is 0.408 e. The van der Waals surface area contributed by atoms with Gasteiger partial charge in [0.2, 0.25) is 17.6 Å². The topological polar surface area (TPSA) is 162 Å². The van der Waals surface area contributed by atoms with Gasteiger partial charge in [0.15, 0.2) is 17.5 Å². The third-order valence-electron chi connectivity index (χ3n) is 8.33. The molecule has 0 aliphatic rings. The molecule has 290 valence electrons. The Labute approximate surface area is 325 Å². The monoisotopic (exact) mass is 759 g/mol. The Balaban J connectivity index is 1.60. The average molecular weight is 760 g/mol. The van der Waals surface area contributed by atoms with Gasteiger partial charge in [-0.25, -0.2) is 9.59 Å². The van der Waals surface area contributed by atoms with Gasteiger partial charge in [-0.15, -0.1) is 0 Å². The van der Waals surface area contributed by atoms with E-state index < -0.39 is 47.6 Å². The lowest BCUT2D eigenvalue weighted by atomic mass is 10.0. The Kier molecular flexibility index (Phi) is 13.7. The fraction of sp³-hybridized carbons (Fsp3) is 0.227. The number of amides is 3. The lowest BCUT2D eigenvalue weighted by Gasteiger charge is -2.27. The number of methoxy groups -OCH3 is 1. The first-order chi connectivity index (χ1) is 26.9. The van der Waals surface area contributed by atoms with Crippen LogP contribution in [0.5, 0.6) is 17.2 Å². The summed E-state index contributed by atoms with van der Waals surface area (Å²) in [7, 11) is 1.45. The van der Waals surface area contributed by atoms with Crippen LogP contribution in [-0.2, 0) is 32.3 Å². The minimum absolute atomic E-state index is 0.118. The zero-order valence-corrected chi connectivity index (χ0v) is 31.6. The van der Waals surface area contributed by atoms with E-state index in [1.807, 2.05) is 60.7 Å². The van der Waals surface area contributed by atoms with Crippen molar-refractivity contribution in [2.45, 2.75) is 57.7 Å². The summed E-state index contributed by atoms with van der Waals surface area (Å²) in [6.07, 6.45) is -0.866. The first-order valence-electron chi connectivity index (χ1n) is 17.9. The number of hydrogen-bond donors (Lipinski definition) is 4. The maximum atomic E-state index is 14.5. The number of nitrogens with one attached hydrogen (secondary N) is 3. The molecule has 12 nitrogen and oxygen atoms in total. The predicted octanol–water partition coefficient (Wildman–Crippen LogP) is 7.22. The molecule has 5 aromatic carbocycles. The van der Waals surface area contributed by atoms with Crippen molar-refractivity contribution in [1.29, 1.82) is 0 Å². The van der Waals surface area contributed by atoms with Gasteiger partial charge in [-0.3, -0.25) is 9.59 Å². The number of ether oxygens (including phenoxy) is 4. The number of aliphatic carboxylic acids is 1. The molecule has 0 unspecified atom stereocenters. The molecular formula is C44H45N3O9. The van der Waals surface area contributed by atoms with E-state index in [1.54, 1.807) is 81.4 Å². The molecule has 0 aliphatic carbocycles. The van der Waals surface area contributed by atoms with Crippen LogP contribution in [0.15, 0.2) is 133 Å². The molecule has 0 saturated heterocycles. The van der Waals surface area contributed by atoms with E-state index in [2.05, 4.69) is 16.0 Å². The van der Waals surface area contributed by atoms with Gasteiger partial charge in [-0.2, -0.15) is 0 Å². The predicted molar refractivity (Wildman–Crippen MR) is 209 cm³/mol. The summed E-state index contributed by atoms with van der Waals surface area (Å²) >= 11 is 0. The van der Waals surface area contributed by atoms with Crippen LogP contribution in [0.25, 0.3) is 0 Å². The van der Waals surface area contributed by atoms with Crippen LogP contribution in [0.4, 0.5) is 4.79 Å². The third kappa shape index (κ3) is 11.3. The summed E-state index contributed by atoms with van der Waals surface area (Å²) in [6.45, 7) is 5.30. The molecule has 0 spiro atoms. The molecule has 0 aliphatic heterocycles. The number of carboxylic acids is 1. The van der Waals surface area contributed by atoms with Gasteiger partial charge < -0.3 is 40.0 Å². The summed E-state index contributed by atoms with van der Waals surface area (Å²) in [5, 5.41) is 18.2. The first kappa shape index (κ1) is 40.4. The minimum atomic E-state index is -1.55. The van der Waals surface area contributed by atoms with Crippen LogP contribution in [-0.4, -0.2) is 41.7 Å². The highest BCUT2D eigenvalue weighted by Crippen LogP contribution is 2.41. The van der Waals surface area contributed by atoms with Crippen molar-refractivity contribution in [2.24, 2.45) is 0 Å². The van der Waals surface area contributed by atoms with Gasteiger partial charge in [-0.05, 0) is 60.7 Å². The van der Waals surface area contributed by atoms with Crippen LogP contribution in [0.1, 0.15) is 66.7 Å². The largest absolute Gasteiger partial charge is 0.490 e. The number of carboxylic acid groups (broad SMARTS) is 1. The number of hydrogen-bond acceptors (Lipinski definition) is 8. The van der Waals surface area contributed by atoms with Crippen molar-refractivity contribution in [3.8, 4) is 17.2 Å². The number of benzene rings is 5. The van der Waals surface area contributed by atoms with Crippen LogP contribution < -0.4 is 30.2 Å². The van der Waals surface area contributed by atoms with E-state index in [0.717, 1.165) is 11.1 Å². The number of carbonyl (C=O) groups excluding carboxylic acids is 3. The van der Waals surface area contributed by atoms with Crippen LogP contribution >= 0.6 is 0 Å². The molecule has 4 N–H and O–H groups in total. The molecule has 0 bridgehead atoms. The highest BCUT2D eigenvalue weighted by atomic mass is 16.6. The van der Waals surface area contributed by atoms with E-state index in [4.69, 9.17) is 18.9 Å². The van der Waals surface area contributed by atoms with Gasteiger partial charge >= 0.3 is 12.1 Å². The molecule has 12 heteroatoms. The normalized spacial score (nSPS) is 12.6. The van der Waals surface area contributed by atoms with Crippen molar-refractivity contribution in [3.05, 3.63) is 161 Å². The van der Waals surface area contributed by atoms with Gasteiger partial charge in [0.1, 0.15) is 30.9 Å². The van der Waals surface area contributed by atoms with Crippen molar-refractivity contribution < 1.29 is 43.2 Å². The Hall–Kier alpha value is -6.82. The average Bonchev–Trinajstić information content (AvgIpc) is 3.19. The van der Waals surface area contributed by atoms with Gasteiger partial charge in [0, 0.05) is 0 Å². The number of alkyl carbamates (subject to hydrolysis) is 1. The summed E-state index contributed by atoms with van der Waals surface area (Å²) in [4.78, 5) is 54.4. The summed E-state index contributed by atoms with van der Waals surface area (Å²) < 4.78 is 23.8. The smallest absolute Gasteiger partial charge is 0.408 e. The summed E-state index contributed by atoms with van der Waals surface area (Å²) in [5.41, 5.74) is 1.70. The van der Waals surface area contributed by atoms with Gasteiger partial charge in [0.25, 0.3) is 0 Å². The van der Waals surface area contributed by atoms with E-state index >= 15 is 0 Å². The lowest BCUT2D eigenvalue weighted by Crippen LogP contribution is -2.48. The van der Waals surface area contributed by atoms with E-state index in [0.29, 0.717) is 11.1 Å². The standard InChI is InChI=1S/C44H45N3O9/c1-44(2,3)56-43(52)47-36(31-21-13-7-14-22-31)40(48)45-37(41(49)46-38(42(50)51)32-23-15-8-16-24-32)33-25-34(54-27-29-17-9-5-10-18-29)39(53-4)35(26-33)55-28-30-19-11-6-12-20-30/h5-26,36-38H,27-28H2,1-4H3,(H,45,48)(H,46,49)(H,47,52)(H,50,51)/t36-,37+,38+/m0/s1. The van der Waals surface area contributed by atoms with Gasteiger partial charge in [0.05, 0.1) is 7.11 Å². The molecule has 3 amide bonds.